The molecule has 4 heteroatoms. The molecule has 1 aromatic heterocycles. The summed E-state index contributed by atoms with van der Waals surface area (Å²) in [5.41, 5.74) is 3.36. The zero-order chi connectivity index (χ0) is 14.7. The van der Waals surface area contributed by atoms with Crippen LogP contribution in [0.25, 0.3) is 22.1 Å². The number of carbonyl (C=O) groups excluding carboxylic acids is 1. The highest BCUT2D eigenvalue weighted by Gasteiger charge is 2.13. The average Bonchev–Trinajstić information content (AvgIpc) is 2.92. The van der Waals surface area contributed by atoms with E-state index in [2.05, 4.69) is 5.32 Å². The van der Waals surface area contributed by atoms with Gasteiger partial charge in [0.25, 0.3) is 0 Å². The van der Waals surface area contributed by atoms with Gasteiger partial charge in [0.05, 0.1) is 18.6 Å². The summed E-state index contributed by atoms with van der Waals surface area (Å²) in [5, 5.41) is 3.77. The molecule has 0 saturated carbocycles. The molecule has 4 nitrogen and oxygen atoms in total. The minimum Gasteiger partial charge on any atom is -0.464 e. The van der Waals surface area contributed by atoms with Crippen molar-refractivity contribution in [3.05, 3.63) is 54.8 Å². The Kier molecular flexibility index (Phi) is 3.60. The van der Waals surface area contributed by atoms with Crippen LogP contribution < -0.4 is 5.32 Å². The Morgan fingerprint density at radius 3 is 2.71 bits per heavy atom. The Bertz CT molecular complexity index is 776. The van der Waals surface area contributed by atoms with Crippen molar-refractivity contribution in [2.75, 3.05) is 11.9 Å². The summed E-state index contributed by atoms with van der Waals surface area (Å²) in [7, 11) is 0. The van der Waals surface area contributed by atoms with Crippen LogP contribution in [0, 0.1) is 0 Å². The van der Waals surface area contributed by atoms with Crippen molar-refractivity contribution in [3.8, 4) is 11.1 Å². The van der Waals surface area contributed by atoms with E-state index in [0.29, 0.717) is 12.3 Å². The monoisotopic (exact) mass is 281 g/mol. The molecule has 21 heavy (non-hydrogen) atoms. The van der Waals surface area contributed by atoms with Crippen LogP contribution in [0.4, 0.5) is 10.5 Å². The number of amides is 1. The second kappa shape index (κ2) is 5.71. The van der Waals surface area contributed by atoms with Crippen molar-refractivity contribution >= 4 is 22.7 Å². The molecule has 3 rings (SSSR count). The summed E-state index contributed by atoms with van der Waals surface area (Å²) >= 11 is 0. The first-order chi connectivity index (χ1) is 10.3. The van der Waals surface area contributed by atoms with E-state index in [-0.39, 0.29) is 0 Å². The molecular formula is C17H15NO3. The molecule has 0 radical (unpaired) electrons. The van der Waals surface area contributed by atoms with E-state index < -0.39 is 6.09 Å². The number of rotatable bonds is 3. The fourth-order valence-corrected chi connectivity index (χ4v) is 2.29. The minimum atomic E-state index is -0.460. The molecule has 0 aliphatic heterocycles. The number of anilines is 1. The lowest BCUT2D eigenvalue weighted by Crippen LogP contribution is -2.13. The zero-order valence-electron chi connectivity index (χ0n) is 11.6. The number of carbonyl (C=O) groups is 1. The Balaban J connectivity index is 2.04. The Morgan fingerprint density at radius 1 is 1.10 bits per heavy atom. The topological polar surface area (TPSA) is 51.5 Å². The lowest BCUT2D eigenvalue weighted by molar-refractivity contribution is 0.168. The van der Waals surface area contributed by atoms with Gasteiger partial charge in [-0.1, -0.05) is 36.4 Å². The number of furan rings is 1. The van der Waals surface area contributed by atoms with E-state index in [4.69, 9.17) is 9.15 Å². The standard InChI is InChI=1S/C17H15NO3/c1-2-20-17(19)18-15-9-5-3-7-12(15)14-11-21-16-10-6-4-8-13(14)16/h3-11H,2H2,1H3,(H,18,19). The van der Waals surface area contributed by atoms with Gasteiger partial charge in [-0.2, -0.15) is 0 Å². The van der Waals surface area contributed by atoms with Crippen molar-refractivity contribution in [2.45, 2.75) is 6.92 Å². The smallest absolute Gasteiger partial charge is 0.411 e. The third-order valence-electron chi connectivity index (χ3n) is 3.21. The summed E-state index contributed by atoms with van der Waals surface area (Å²) in [6.45, 7) is 2.11. The third kappa shape index (κ3) is 2.60. The predicted molar refractivity (Wildman–Crippen MR) is 82.3 cm³/mol. The van der Waals surface area contributed by atoms with Gasteiger partial charge in [-0.25, -0.2) is 4.79 Å². The third-order valence-corrected chi connectivity index (χ3v) is 3.21. The van der Waals surface area contributed by atoms with Gasteiger partial charge in [-0.3, -0.25) is 5.32 Å². The van der Waals surface area contributed by atoms with Crippen LogP contribution in [-0.4, -0.2) is 12.7 Å². The summed E-state index contributed by atoms with van der Waals surface area (Å²) in [5.74, 6) is 0. The van der Waals surface area contributed by atoms with Gasteiger partial charge in [0.2, 0.25) is 0 Å². The van der Waals surface area contributed by atoms with Crippen LogP contribution in [0.3, 0.4) is 0 Å². The lowest BCUT2D eigenvalue weighted by Gasteiger charge is -2.10. The number of benzene rings is 2. The Morgan fingerprint density at radius 2 is 1.86 bits per heavy atom. The van der Waals surface area contributed by atoms with Gasteiger partial charge in [-0.05, 0) is 19.1 Å². The molecular weight excluding hydrogens is 266 g/mol. The summed E-state index contributed by atoms with van der Waals surface area (Å²) in [4.78, 5) is 11.6. The number of nitrogens with one attached hydrogen (secondary N) is 1. The first kappa shape index (κ1) is 13.2. The van der Waals surface area contributed by atoms with Crippen molar-refractivity contribution < 1.29 is 13.9 Å². The van der Waals surface area contributed by atoms with Gasteiger partial charge < -0.3 is 9.15 Å². The molecule has 1 heterocycles. The lowest BCUT2D eigenvalue weighted by atomic mass is 10.0. The first-order valence-electron chi connectivity index (χ1n) is 6.79. The maximum absolute atomic E-state index is 11.6. The quantitative estimate of drug-likeness (QED) is 0.759. The second-order valence-corrected chi connectivity index (χ2v) is 4.54. The van der Waals surface area contributed by atoms with Crippen molar-refractivity contribution in [1.29, 1.82) is 0 Å². The molecule has 1 N–H and O–H groups in total. The number of hydrogen-bond donors (Lipinski definition) is 1. The van der Waals surface area contributed by atoms with Crippen LogP contribution in [0.1, 0.15) is 6.92 Å². The van der Waals surface area contributed by atoms with E-state index in [9.17, 15) is 4.79 Å². The molecule has 106 valence electrons. The molecule has 0 atom stereocenters. The summed E-state index contributed by atoms with van der Waals surface area (Å²) in [6.07, 6.45) is 1.24. The molecule has 2 aromatic carbocycles. The maximum Gasteiger partial charge on any atom is 0.411 e. The van der Waals surface area contributed by atoms with E-state index >= 15 is 0 Å². The number of ether oxygens (including phenoxy) is 1. The molecule has 0 saturated heterocycles. The Hall–Kier alpha value is -2.75. The average molecular weight is 281 g/mol. The summed E-state index contributed by atoms with van der Waals surface area (Å²) < 4.78 is 10.5. The van der Waals surface area contributed by atoms with E-state index in [0.717, 1.165) is 22.1 Å². The van der Waals surface area contributed by atoms with Crippen LogP contribution >= 0.6 is 0 Å². The number of para-hydroxylation sites is 2. The van der Waals surface area contributed by atoms with Crippen LogP contribution in [0.2, 0.25) is 0 Å². The highest BCUT2D eigenvalue weighted by atomic mass is 16.5. The van der Waals surface area contributed by atoms with Crippen LogP contribution in [0.5, 0.6) is 0 Å². The van der Waals surface area contributed by atoms with Gasteiger partial charge in [0.15, 0.2) is 0 Å². The molecule has 0 spiro atoms. The largest absolute Gasteiger partial charge is 0.464 e. The fraction of sp³-hybridized carbons (Fsp3) is 0.118. The SMILES string of the molecule is CCOC(=O)Nc1ccccc1-c1coc2ccccc12. The molecule has 0 bridgehead atoms. The normalized spacial score (nSPS) is 10.5. The van der Waals surface area contributed by atoms with Crippen LogP contribution in [0.15, 0.2) is 59.2 Å². The number of hydrogen-bond acceptors (Lipinski definition) is 3. The Labute approximate surface area is 122 Å². The molecule has 0 aliphatic rings. The maximum atomic E-state index is 11.6. The zero-order valence-corrected chi connectivity index (χ0v) is 11.6. The molecule has 3 aromatic rings. The second-order valence-electron chi connectivity index (χ2n) is 4.54. The number of fused-ring (bicyclic) bond motifs is 1. The molecule has 1 amide bonds. The van der Waals surface area contributed by atoms with Gasteiger partial charge in [-0.15, -0.1) is 0 Å². The molecule has 0 fully saturated rings. The van der Waals surface area contributed by atoms with E-state index in [1.54, 1.807) is 13.2 Å². The summed E-state index contributed by atoms with van der Waals surface area (Å²) in [6, 6.07) is 15.4. The minimum absolute atomic E-state index is 0.336. The van der Waals surface area contributed by atoms with Crippen molar-refractivity contribution in [1.82, 2.24) is 0 Å². The van der Waals surface area contributed by atoms with E-state index in [1.165, 1.54) is 0 Å². The van der Waals surface area contributed by atoms with Gasteiger partial charge >= 0.3 is 6.09 Å². The highest BCUT2D eigenvalue weighted by molar-refractivity contribution is 6.00. The van der Waals surface area contributed by atoms with Crippen molar-refractivity contribution in [2.24, 2.45) is 0 Å². The fourth-order valence-electron chi connectivity index (χ4n) is 2.29. The van der Waals surface area contributed by atoms with Gasteiger partial charge in [0, 0.05) is 16.5 Å². The molecule has 0 unspecified atom stereocenters. The van der Waals surface area contributed by atoms with Crippen LogP contribution in [-0.2, 0) is 4.74 Å². The van der Waals surface area contributed by atoms with Gasteiger partial charge in [0.1, 0.15) is 5.58 Å². The highest BCUT2D eigenvalue weighted by Crippen LogP contribution is 2.34. The first-order valence-corrected chi connectivity index (χ1v) is 6.79. The van der Waals surface area contributed by atoms with Crippen molar-refractivity contribution in [3.63, 3.8) is 0 Å². The molecule has 0 aliphatic carbocycles. The predicted octanol–water partition coefficient (Wildman–Crippen LogP) is 4.67. The van der Waals surface area contributed by atoms with E-state index in [1.807, 2.05) is 48.5 Å².